The summed E-state index contributed by atoms with van der Waals surface area (Å²) in [5.74, 6) is 0.409. The van der Waals surface area contributed by atoms with Crippen LogP contribution >= 0.6 is 0 Å². The highest BCUT2D eigenvalue weighted by atomic mass is 16.5. The number of hydrogen-bond donors (Lipinski definition) is 1. The van der Waals surface area contributed by atoms with E-state index in [4.69, 9.17) is 15.2 Å². The standard InChI is InChI=1S/C12H22N4O3/c1-18-8-3-5-15(7-9-19-2)12(17)10-16-6-4-11(13)14-16/h4,6H,3,5,7-10H2,1-2H3,(H2,13,14). The first-order valence-electron chi connectivity index (χ1n) is 6.22. The van der Waals surface area contributed by atoms with Gasteiger partial charge in [-0.25, -0.2) is 0 Å². The minimum absolute atomic E-state index is 0.00347. The molecule has 0 radical (unpaired) electrons. The molecule has 19 heavy (non-hydrogen) atoms. The number of hydrogen-bond acceptors (Lipinski definition) is 5. The molecule has 0 saturated heterocycles. The molecule has 2 N–H and O–H groups in total. The Kier molecular flexibility index (Phi) is 6.91. The molecule has 1 aromatic rings. The summed E-state index contributed by atoms with van der Waals surface area (Å²) in [5.41, 5.74) is 5.52. The van der Waals surface area contributed by atoms with Crippen molar-refractivity contribution in [2.45, 2.75) is 13.0 Å². The molecule has 1 rings (SSSR count). The molecule has 1 amide bonds. The van der Waals surface area contributed by atoms with E-state index in [-0.39, 0.29) is 12.5 Å². The van der Waals surface area contributed by atoms with Crippen LogP contribution in [0.15, 0.2) is 12.3 Å². The minimum atomic E-state index is -0.00347. The van der Waals surface area contributed by atoms with Gasteiger partial charge in [0.25, 0.3) is 0 Å². The molecule has 0 spiro atoms. The van der Waals surface area contributed by atoms with Gasteiger partial charge < -0.3 is 20.1 Å². The Balaban J connectivity index is 2.49. The first-order valence-corrected chi connectivity index (χ1v) is 6.22. The Morgan fingerprint density at radius 1 is 1.37 bits per heavy atom. The molecule has 1 aromatic heterocycles. The van der Waals surface area contributed by atoms with Gasteiger partial charge in [0.15, 0.2) is 0 Å². The van der Waals surface area contributed by atoms with Crippen LogP contribution in [0.2, 0.25) is 0 Å². The van der Waals surface area contributed by atoms with E-state index in [1.165, 1.54) is 4.68 Å². The number of amides is 1. The SMILES string of the molecule is COCCCN(CCOC)C(=O)Cn1ccc(N)n1. The monoisotopic (exact) mass is 270 g/mol. The first-order chi connectivity index (χ1) is 9.17. The van der Waals surface area contributed by atoms with Crippen LogP contribution in [0.3, 0.4) is 0 Å². The van der Waals surface area contributed by atoms with Crippen molar-refractivity contribution in [3.63, 3.8) is 0 Å². The second kappa shape index (κ2) is 8.49. The van der Waals surface area contributed by atoms with Crippen molar-refractivity contribution >= 4 is 11.7 Å². The number of rotatable bonds is 9. The van der Waals surface area contributed by atoms with Gasteiger partial charge >= 0.3 is 0 Å². The minimum Gasteiger partial charge on any atom is -0.385 e. The summed E-state index contributed by atoms with van der Waals surface area (Å²) in [5, 5.41) is 4.00. The zero-order valence-corrected chi connectivity index (χ0v) is 11.5. The summed E-state index contributed by atoms with van der Waals surface area (Å²) >= 11 is 0. The molecule has 7 heteroatoms. The van der Waals surface area contributed by atoms with Crippen LogP contribution in [-0.2, 0) is 20.8 Å². The number of aromatic nitrogens is 2. The van der Waals surface area contributed by atoms with E-state index < -0.39 is 0 Å². The smallest absolute Gasteiger partial charge is 0.244 e. The zero-order chi connectivity index (χ0) is 14.1. The molecule has 7 nitrogen and oxygen atoms in total. The van der Waals surface area contributed by atoms with E-state index in [2.05, 4.69) is 5.10 Å². The Labute approximate surface area is 113 Å². The maximum Gasteiger partial charge on any atom is 0.244 e. The van der Waals surface area contributed by atoms with Crippen LogP contribution in [0.5, 0.6) is 0 Å². The van der Waals surface area contributed by atoms with Gasteiger partial charge in [0.1, 0.15) is 12.4 Å². The van der Waals surface area contributed by atoms with Gasteiger partial charge in [-0.2, -0.15) is 5.10 Å². The zero-order valence-electron chi connectivity index (χ0n) is 11.5. The van der Waals surface area contributed by atoms with Crippen molar-refractivity contribution in [1.29, 1.82) is 0 Å². The van der Waals surface area contributed by atoms with Crippen molar-refractivity contribution in [2.24, 2.45) is 0 Å². The average Bonchev–Trinajstić information content (AvgIpc) is 2.79. The lowest BCUT2D eigenvalue weighted by molar-refractivity contribution is -0.132. The summed E-state index contributed by atoms with van der Waals surface area (Å²) in [6.45, 7) is 2.54. The molecular weight excluding hydrogens is 248 g/mol. The molecule has 0 fully saturated rings. The average molecular weight is 270 g/mol. The van der Waals surface area contributed by atoms with Gasteiger partial charge in [0, 0.05) is 40.1 Å². The molecule has 108 valence electrons. The van der Waals surface area contributed by atoms with Gasteiger partial charge in [0.2, 0.25) is 5.91 Å². The number of nitrogen functional groups attached to an aromatic ring is 1. The van der Waals surface area contributed by atoms with Gasteiger partial charge in [-0.3, -0.25) is 9.48 Å². The fourth-order valence-corrected chi connectivity index (χ4v) is 1.67. The van der Waals surface area contributed by atoms with Crippen molar-refractivity contribution in [3.05, 3.63) is 12.3 Å². The normalized spacial score (nSPS) is 10.6. The first kappa shape index (κ1) is 15.5. The van der Waals surface area contributed by atoms with E-state index in [1.807, 2.05) is 0 Å². The second-order valence-corrected chi connectivity index (χ2v) is 4.16. The third-order valence-corrected chi connectivity index (χ3v) is 2.65. The Morgan fingerprint density at radius 2 is 2.11 bits per heavy atom. The predicted octanol–water partition coefficient (Wildman–Crippen LogP) is -0.0232. The van der Waals surface area contributed by atoms with E-state index in [0.29, 0.717) is 32.1 Å². The summed E-state index contributed by atoms with van der Waals surface area (Å²) in [6.07, 6.45) is 2.49. The fraction of sp³-hybridized carbons (Fsp3) is 0.667. The fourth-order valence-electron chi connectivity index (χ4n) is 1.67. The highest BCUT2D eigenvalue weighted by Crippen LogP contribution is 2.00. The number of ether oxygens (including phenoxy) is 2. The van der Waals surface area contributed by atoms with E-state index in [9.17, 15) is 4.79 Å². The summed E-state index contributed by atoms with van der Waals surface area (Å²) in [6, 6.07) is 1.66. The number of carbonyl (C=O) groups excluding carboxylic acids is 1. The number of nitrogens with two attached hydrogens (primary N) is 1. The lowest BCUT2D eigenvalue weighted by Gasteiger charge is -2.22. The molecule has 0 saturated carbocycles. The van der Waals surface area contributed by atoms with Gasteiger partial charge in [-0.15, -0.1) is 0 Å². The van der Waals surface area contributed by atoms with Crippen molar-refractivity contribution < 1.29 is 14.3 Å². The summed E-state index contributed by atoms with van der Waals surface area (Å²) < 4.78 is 11.5. The molecule has 0 atom stereocenters. The maximum atomic E-state index is 12.1. The highest BCUT2D eigenvalue weighted by Gasteiger charge is 2.13. The molecule has 0 unspecified atom stereocenters. The number of methoxy groups -OCH3 is 2. The van der Waals surface area contributed by atoms with Crippen LogP contribution in [0.4, 0.5) is 5.82 Å². The molecule has 0 bridgehead atoms. The van der Waals surface area contributed by atoms with E-state index >= 15 is 0 Å². The van der Waals surface area contributed by atoms with Crippen LogP contribution in [0.25, 0.3) is 0 Å². The molecule has 0 aliphatic rings. The number of anilines is 1. The number of carbonyl (C=O) groups is 1. The molecule has 0 aromatic carbocycles. The van der Waals surface area contributed by atoms with Crippen LogP contribution in [-0.4, -0.2) is 61.1 Å². The predicted molar refractivity (Wildman–Crippen MR) is 71.6 cm³/mol. The lowest BCUT2D eigenvalue weighted by Crippen LogP contribution is -2.37. The van der Waals surface area contributed by atoms with Crippen molar-refractivity contribution in [1.82, 2.24) is 14.7 Å². The van der Waals surface area contributed by atoms with Gasteiger partial charge in [-0.05, 0) is 12.5 Å². The molecule has 1 heterocycles. The van der Waals surface area contributed by atoms with E-state index in [1.54, 1.807) is 31.4 Å². The number of nitrogens with zero attached hydrogens (tertiary/aromatic N) is 3. The third-order valence-electron chi connectivity index (χ3n) is 2.65. The summed E-state index contributed by atoms with van der Waals surface area (Å²) in [4.78, 5) is 13.9. The topological polar surface area (TPSA) is 82.6 Å². The van der Waals surface area contributed by atoms with Crippen LogP contribution in [0, 0.1) is 0 Å². The molecule has 0 aliphatic heterocycles. The van der Waals surface area contributed by atoms with Gasteiger partial charge in [-0.1, -0.05) is 0 Å². The van der Waals surface area contributed by atoms with Gasteiger partial charge in [0.05, 0.1) is 6.61 Å². The molecule has 0 aliphatic carbocycles. The summed E-state index contributed by atoms with van der Waals surface area (Å²) in [7, 11) is 3.26. The second-order valence-electron chi connectivity index (χ2n) is 4.16. The largest absolute Gasteiger partial charge is 0.385 e. The van der Waals surface area contributed by atoms with Crippen molar-refractivity contribution in [2.75, 3.05) is 46.3 Å². The third kappa shape index (κ3) is 5.71. The van der Waals surface area contributed by atoms with Crippen LogP contribution in [0.1, 0.15) is 6.42 Å². The maximum absolute atomic E-state index is 12.1. The van der Waals surface area contributed by atoms with E-state index in [0.717, 1.165) is 6.42 Å². The lowest BCUT2D eigenvalue weighted by atomic mass is 10.3. The quantitative estimate of drug-likeness (QED) is 0.637. The van der Waals surface area contributed by atoms with Crippen molar-refractivity contribution in [3.8, 4) is 0 Å². The Bertz CT molecular complexity index is 381. The highest BCUT2D eigenvalue weighted by molar-refractivity contribution is 5.75. The Hall–Kier alpha value is -1.60. The Morgan fingerprint density at radius 3 is 2.68 bits per heavy atom. The van der Waals surface area contributed by atoms with Crippen LogP contribution < -0.4 is 5.73 Å². The molecular formula is C12H22N4O3.